The van der Waals surface area contributed by atoms with E-state index >= 15 is 0 Å². The van der Waals surface area contributed by atoms with E-state index in [0.717, 1.165) is 5.69 Å². The fourth-order valence-electron chi connectivity index (χ4n) is 2.84. The summed E-state index contributed by atoms with van der Waals surface area (Å²) >= 11 is 1.72. The standard InChI is InChI=1S/C16H15N3S/c1-10-4-3-5-13-14-8-11(2)18-19(14)16(17-15(10)13)12-6-7-20-9-12/h3-9,16-17H,1-2H3/t16-/m1/s1. The number of anilines is 1. The van der Waals surface area contributed by atoms with Gasteiger partial charge in [0.25, 0.3) is 0 Å². The van der Waals surface area contributed by atoms with Gasteiger partial charge >= 0.3 is 0 Å². The van der Waals surface area contributed by atoms with Gasteiger partial charge in [-0.3, -0.25) is 0 Å². The monoisotopic (exact) mass is 281 g/mol. The maximum absolute atomic E-state index is 4.68. The molecule has 0 fully saturated rings. The number of rotatable bonds is 1. The Kier molecular flexibility index (Phi) is 2.47. The lowest BCUT2D eigenvalue weighted by Crippen LogP contribution is -2.25. The minimum atomic E-state index is 0.0820. The summed E-state index contributed by atoms with van der Waals surface area (Å²) in [6.45, 7) is 4.20. The Morgan fingerprint density at radius 2 is 2.15 bits per heavy atom. The molecule has 0 aliphatic carbocycles. The molecule has 1 atom stereocenters. The minimum absolute atomic E-state index is 0.0820. The van der Waals surface area contributed by atoms with Crippen molar-refractivity contribution in [2.75, 3.05) is 5.32 Å². The first-order valence-corrected chi connectivity index (χ1v) is 7.63. The number of nitrogens with zero attached hydrogens (tertiary/aromatic N) is 2. The molecule has 2 aromatic heterocycles. The zero-order chi connectivity index (χ0) is 13.7. The molecule has 0 saturated carbocycles. The highest BCUT2D eigenvalue weighted by Gasteiger charge is 2.27. The zero-order valence-electron chi connectivity index (χ0n) is 11.4. The Balaban J connectivity index is 1.97. The van der Waals surface area contributed by atoms with Gasteiger partial charge in [0.15, 0.2) is 0 Å². The first kappa shape index (κ1) is 11.7. The van der Waals surface area contributed by atoms with E-state index in [2.05, 4.69) is 63.1 Å². The molecule has 3 heterocycles. The Labute approximate surface area is 121 Å². The fourth-order valence-corrected chi connectivity index (χ4v) is 3.52. The third-order valence-corrected chi connectivity index (χ3v) is 4.49. The van der Waals surface area contributed by atoms with Gasteiger partial charge in [-0.2, -0.15) is 16.4 Å². The van der Waals surface area contributed by atoms with Crippen LogP contribution in [0.15, 0.2) is 41.1 Å². The van der Waals surface area contributed by atoms with Gasteiger partial charge in [0.2, 0.25) is 0 Å². The highest BCUT2D eigenvalue weighted by Crippen LogP contribution is 2.40. The normalized spacial score (nSPS) is 16.4. The van der Waals surface area contributed by atoms with Gasteiger partial charge in [0.1, 0.15) is 6.17 Å². The summed E-state index contributed by atoms with van der Waals surface area (Å²) in [6.07, 6.45) is 0.0820. The molecule has 4 rings (SSSR count). The first-order valence-electron chi connectivity index (χ1n) is 6.69. The van der Waals surface area contributed by atoms with Crippen LogP contribution in [0.5, 0.6) is 0 Å². The van der Waals surface area contributed by atoms with E-state index in [0.29, 0.717) is 0 Å². The maximum Gasteiger partial charge on any atom is 0.148 e. The summed E-state index contributed by atoms with van der Waals surface area (Å²) in [6, 6.07) is 10.7. The van der Waals surface area contributed by atoms with Crippen molar-refractivity contribution in [2.24, 2.45) is 0 Å². The van der Waals surface area contributed by atoms with Crippen molar-refractivity contribution in [1.82, 2.24) is 9.78 Å². The summed E-state index contributed by atoms with van der Waals surface area (Å²) in [5.41, 5.74) is 7.22. The Morgan fingerprint density at radius 3 is 2.95 bits per heavy atom. The second kappa shape index (κ2) is 4.21. The number of hydrogen-bond acceptors (Lipinski definition) is 3. The lowest BCUT2D eigenvalue weighted by Gasteiger charge is -2.29. The van der Waals surface area contributed by atoms with Crippen LogP contribution in [0.3, 0.4) is 0 Å². The average molecular weight is 281 g/mol. The van der Waals surface area contributed by atoms with E-state index in [1.807, 2.05) is 6.92 Å². The molecule has 1 N–H and O–H groups in total. The van der Waals surface area contributed by atoms with Gasteiger partial charge in [0.05, 0.1) is 11.4 Å². The molecule has 1 aliphatic heterocycles. The van der Waals surface area contributed by atoms with Gasteiger partial charge in [-0.05, 0) is 42.3 Å². The van der Waals surface area contributed by atoms with Crippen LogP contribution in [0.1, 0.15) is 23.0 Å². The predicted octanol–water partition coefficient (Wildman–Crippen LogP) is 4.20. The molecule has 0 bridgehead atoms. The van der Waals surface area contributed by atoms with Crippen molar-refractivity contribution in [2.45, 2.75) is 20.0 Å². The van der Waals surface area contributed by atoms with Crippen LogP contribution >= 0.6 is 11.3 Å². The number of aromatic nitrogens is 2. The van der Waals surface area contributed by atoms with Crippen molar-refractivity contribution in [3.63, 3.8) is 0 Å². The van der Waals surface area contributed by atoms with E-state index in [9.17, 15) is 0 Å². The Morgan fingerprint density at radius 1 is 1.25 bits per heavy atom. The zero-order valence-corrected chi connectivity index (χ0v) is 12.2. The van der Waals surface area contributed by atoms with Crippen molar-refractivity contribution >= 4 is 17.0 Å². The topological polar surface area (TPSA) is 29.9 Å². The molecule has 100 valence electrons. The van der Waals surface area contributed by atoms with Crippen LogP contribution in [-0.2, 0) is 0 Å². The maximum atomic E-state index is 4.68. The van der Waals surface area contributed by atoms with Crippen molar-refractivity contribution in [3.8, 4) is 11.3 Å². The van der Waals surface area contributed by atoms with Crippen LogP contribution in [-0.4, -0.2) is 9.78 Å². The van der Waals surface area contributed by atoms with E-state index in [4.69, 9.17) is 0 Å². The van der Waals surface area contributed by atoms with Gasteiger partial charge in [-0.15, -0.1) is 0 Å². The number of thiophene rings is 1. The molecule has 4 heteroatoms. The number of hydrogen-bond donors (Lipinski definition) is 1. The molecule has 0 unspecified atom stereocenters. The highest BCUT2D eigenvalue weighted by molar-refractivity contribution is 7.08. The molecular formula is C16H15N3S. The Hall–Kier alpha value is -2.07. The second-order valence-corrected chi connectivity index (χ2v) is 6.00. The summed E-state index contributed by atoms with van der Waals surface area (Å²) in [4.78, 5) is 0. The molecule has 0 radical (unpaired) electrons. The van der Waals surface area contributed by atoms with E-state index in [-0.39, 0.29) is 6.17 Å². The summed E-state index contributed by atoms with van der Waals surface area (Å²) in [5.74, 6) is 0. The van der Waals surface area contributed by atoms with Gasteiger partial charge in [-0.1, -0.05) is 18.2 Å². The third-order valence-electron chi connectivity index (χ3n) is 3.79. The molecule has 1 aromatic carbocycles. The van der Waals surface area contributed by atoms with Crippen LogP contribution in [0, 0.1) is 13.8 Å². The molecule has 0 saturated heterocycles. The molecule has 3 nitrogen and oxygen atoms in total. The molecule has 20 heavy (non-hydrogen) atoms. The van der Waals surface area contributed by atoms with Gasteiger partial charge < -0.3 is 5.32 Å². The number of para-hydroxylation sites is 1. The lowest BCUT2D eigenvalue weighted by atomic mass is 10.0. The van der Waals surface area contributed by atoms with Crippen LogP contribution in [0.4, 0.5) is 5.69 Å². The van der Waals surface area contributed by atoms with E-state index in [1.165, 1.54) is 28.1 Å². The number of fused-ring (bicyclic) bond motifs is 3. The van der Waals surface area contributed by atoms with Crippen LogP contribution < -0.4 is 5.32 Å². The van der Waals surface area contributed by atoms with Crippen molar-refractivity contribution < 1.29 is 0 Å². The number of aryl methyl sites for hydroxylation is 2. The lowest BCUT2D eigenvalue weighted by molar-refractivity contribution is 0.572. The van der Waals surface area contributed by atoms with E-state index in [1.54, 1.807) is 11.3 Å². The van der Waals surface area contributed by atoms with Crippen molar-refractivity contribution in [1.29, 1.82) is 0 Å². The fraction of sp³-hybridized carbons (Fsp3) is 0.188. The smallest absolute Gasteiger partial charge is 0.148 e. The van der Waals surface area contributed by atoms with Gasteiger partial charge in [0, 0.05) is 16.8 Å². The largest absolute Gasteiger partial charge is 0.359 e. The van der Waals surface area contributed by atoms with Crippen molar-refractivity contribution in [3.05, 3.63) is 57.9 Å². The van der Waals surface area contributed by atoms with Crippen LogP contribution in [0.25, 0.3) is 11.3 Å². The summed E-state index contributed by atoms with van der Waals surface area (Å²) in [5, 5.41) is 12.6. The second-order valence-electron chi connectivity index (χ2n) is 5.22. The SMILES string of the molecule is Cc1cc2n(n1)[C@H](c1ccsc1)Nc1c(C)cccc1-2. The molecule has 1 aliphatic rings. The molecule has 3 aromatic rings. The summed E-state index contributed by atoms with van der Waals surface area (Å²) in [7, 11) is 0. The molecule has 0 amide bonds. The summed E-state index contributed by atoms with van der Waals surface area (Å²) < 4.78 is 2.10. The molecular weight excluding hydrogens is 266 g/mol. The van der Waals surface area contributed by atoms with Gasteiger partial charge in [-0.25, -0.2) is 4.68 Å². The number of nitrogens with one attached hydrogen (secondary N) is 1. The highest BCUT2D eigenvalue weighted by atomic mass is 32.1. The average Bonchev–Trinajstić information content (AvgIpc) is 3.06. The minimum Gasteiger partial charge on any atom is -0.359 e. The third kappa shape index (κ3) is 1.61. The quantitative estimate of drug-likeness (QED) is 0.724. The van der Waals surface area contributed by atoms with Crippen LogP contribution in [0.2, 0.25) is 0 Å². The predicted molar refractivity (Wildman–Crippen MR) is 83.2 cm³/mol. The molecule has 0 spiro atoms. The number of benzene rings is 1. The Bertz CT molecular complexity index is 771. The van der Waals surface area contributed by atoms with E-state index < -0.39 is 0 Å². The first-order chi connectivity index (χ1) is 9.74.